The zero-order valence-electron chi connectivity index (χ0n) is 14.0. The third-order valence-electron chi connectivity index (χ3n) is 6.20. The fourth-order valence-corrected chi connectivity index (χ4v) is 4.86. The van der Waals surface area contributed by atoms with Gasteiger partial charge >= 0.3 is 0 Å². The molecule has 0 spiro atoms. The number of hydrogen-bond donors (Lipinski definition) is 1. The summed E-state index contributed by atoms with van der Waals surface area (Å²) in [5, 5.41) is 3.17. The lowest BCUT2D eigenvalue weighted by Crippen LogP contribution is -2.33. The average Bonchev–Trinajstić information content (AvgIpc) is 3.24. The van der Waals surface area contributed by atoms with Crippen LogP contribution in [0.15, 0.2) is 24.3 Å². The minimum absolute atomic E-state index is 0.289. The van der Waals surface area contributed by atoms with Crippen molar-refractivity contribution in [2.45, 2.75) is 51.5 Å². The predicted molar refractivity (Wildman–Crippen MR) is 93.3 cm³/mol. The molecule has 3 unspecified atom stereocenters. The summed E-state index contributed by atoms with van der Waals surface area (Å²) < 4.78 is 0. The van der Waals surface area contributed by atoms with Gasteiger partial charge in [-0.15, -0.1) is 0 Å². The molecule has 124 valence electrons. The van der Waals surface area contributed by atoms with Crippen molar-refractivity contribution in [3.8, 4) is 0 Å². The summed E-state index contributed by atoms with van der Waals surface area (Å²) in [6, 6.07) is 8.77. The van der Waals surface area contributed by atoms with Crippen LogP contribution in [0.3, 0.4) is 0 Å². The zero-order valence-corrected chi connectivity index (χ0v) is 14.0. The molecule has 4 rings (SSSR count). The van der Waals surface area contributed by atoms with Crippen LogP contribution >= 0.6 is 0 Å². The topological polar surface area (TPSA) is 32.3 Å². The van der Waals surface area contributed by atoms with Crippen molar-refractivity contribution in [3.05, 3.63) is 29.8 Å². The molecule has 1 aliphatic heterocycles. The molecule has 0 radical (unpaired) electrons. The van der Waals surface area contributed by atoms with Crippen molar-refractivity contribution in [1.82, 2.24) is 5.32 Å². The van der Waals surface area contributed by atoms with Gasteiger partial charge in [-0.3, -0.25) is 4.79 Å². The van der Waals surface area contributed by atoms with Crippen molar-refractivity contribution in [1.29, 1.82) is 0 Å². The molecule has 1 amide bonds. The second kappa shape index (κ2) is 6.54. The van der Waals surface area contributed by atoms with Crippen LogP contribution in [-0.4, -0.2) is 19.0 Å². The van der Waals surface area contributed by atoms with E-state index in [1.165, 1.54) is 62.9 Å². The monoisotopic (exact) mass is 312 g/mol. The zero-order chi connectivity index (χ0) is 15.6. The van der Waals surface area contributed by atoms with E-state index >= 15 is 0 Å². The SMILES string of the molecule is O=C(NCc1ccc(N2CCCCC2)cc1)C1CC2CCC1C2. The first kappa shape index (κ1) is 15.0. The quantitative estimate of drug-likeness (QED) is 0.919. The molecule has 3 atom stereocenters. The van der Waals surface area contributed by atoms with E-state index in [2.05, 4.69) is 34.5 Å². The van der Waals surface area contributed by atoms with Gasteiger partial charge in [-0.1, -0.05) is 18.6 Å². The first-order valence-corrected chi connectivity index (χ1v) is 9.41. The summed E-state index contributed by atoms with van der Waals surface area (Å²) >= 11 is 0. The number of carbonyl (C=O) groups is 1. The molecule has 3 fully saturated rings. The van der Waals surface area contributed by atoms with Crippen molar-refractivity contribution >= 4 is 11.6 Å². The lowest BCUT2D eigenvalue weighted by molar-refractivity contribution is -0.126. The highest BCUT2D eigenvalue weighted by Gasteiger charge is 2.42. The Hall–Kier alpha value is -1.51. The van der Waals surface area contributed by atoms with Gasteiger partial charge in [0.15, 0.2) is 0 Å². The van der Waals surface area contributed by atoms with Gasteiger partial charge in [0.1, 0.15) is 0 Å². The maximum absolute atomic E-state index is 12.4. The Morgan fingerprint density at radius 2 is 1.83 bits per heavy atom. The Morgan fingerprint density at radius 1 is 1.04 bits per heavy atom. The Kier molecular flexibility index (Phi) is 4.28. The first-order valence-electron chi connectivity index (χ1n) is 9.41. The molecule has 0 aromatic heterocycles. The highest BCUT2D eigenvalue weighted by atomic mass is 16.1. The van der Waals surface area contributed by atoms with E-state index in [-0.39, 0.29) is 5.91 Å². The van der Waals surface area contributed by atoms with Gasteiger partial charge in [0.25, 0.3) is 0 Å². The number of anilines is 1. The van der Waals surface area contributed by atoms with E-state index in [9.17, 15) is 4.79 Å². The number of carbonyl (C=O) groups excluding carboxylic acids is 1. The molecular formula is C20H28N2O. The molecule has 1 aromatic rings. The molecule has 2 aliphatic carbocycles. The van der Waals surface area contributed by atoms with Crippen LogP contribution in [-0.2, 0) is 11.3 Å². The number of amides is 1. The summed E-state index contributed by atoms with van der Waals surface area (Å²) in [6.07, 6.45) is 9.03. The van der Waals surface area contributed by atoms with Crippen LogP contribution in [0, 0.1) is 17.8 Å². The molecule has 2 saturated carbocycles. The summed E-state index contributed by atoms with van der Waals surface area (Å²) in [7, 11) is 0. The smallest absolute Gasteiger partial charge is 0.223 e. The Balaban J connectivity index is 1.30. The second-order valence-electron chi connectivity index (χ2n) is 7.71. The standard InChI is InChI=1S/C20H28N2O/c23-20(19-13-16-4-7-17(19)12-16)21-14-15-5-8-18(9-6-15)22-10-2-1-3-11-22/h5-6,8-9,16-17,19H,1-4,7,10-14H2,(H,21,23). The van der Waals surface area contributed by atoms with Gasteiger partial charge in [-0.25, -0.2) is 0 Å². The fraction of sp³-hybridized carbons (Fsp3) is 0.650. The first-order chi connectivity index (χ1) is 11.3. The van der Waals surface area contributed by atoms with Crippen molar-refractivity contribution in [2.75, 3.05) is 18.0 Å². The van der Waals surface area contributed by atoms with Crippen LogP contribution in [0.5, 0.6) is 0 Å². The fourth-order valence-electron chi connectivity index (χ4n) is 4.86. The Morgan fingerprint density at radius 3 is 2.48 bits per heavy atom. The highest BCUT2D eigenvalue weighted by Crippen LogP contribution is 2.48. The van der Waals surface area contributed by atoms with Crippen LogP contribution < -0.4 is 10.2 Å². The molecule has 1 N–H and O–H groups in total. The van der Waals surface area contributed by atoms with Crippen LogP contribution in [0.4, 0.5) is 5.69 Å². The average molecular weight is 312 g/mol. The van der Waals surface area contributed by atoms with Gasteiger partial charge in [0, 0.05) is 31.2 Å². The van der Waals surface area contributed by atoms with E-state index < -0.39 is 0 Å². The normalized spacial score (nSPS) is 29.7. The molecule has 23 heavy (non-hydrogen) atoms. The molecule has 2 bridgehead atoms. The van der Waals surface area contributed by atoms with Crippen LogP contribution in [0.1, 0.15) is 50.5 Å². The largest absolute Gasteiger partial charge is 0.372 e. The van der Waals surface area contributed by atoms with E-state index in [1.54, 1.807) is 0 Å². The van der Waals surface area contributed by atoms with Gasteiger partial charge in [0.05, 0.1) is 0 Å². The van der Waals surface area contributed by atoms with E-state index in [4.69, 9.17) is 0 Å². The number of nitrogens with one attached hydrogen (secondary N) is 1. The van der Waals surface area contributed by atoms with Gasteiger partial charge in [-0.2, -0.15) is 0 Å². The van der Waals surface area contributed by atoms with Crippen LogP contribution in [0.25, 0.3) is 0 Å². The third kappa shape index (κ3) is 3.24. The van der Waals surface area contributed by atoms with Gasteiger partial charge in [0.2, 0.25) is 5.91 Å². The number of nitrogens with zero attached hydrogens (tertiary/aromatic N) is 1. The molecule has 1 saturated heterocycles. The number of piperidine rings is 1. The van der Waals surface area contributed by atoms with Crippen LogP contribution in [0.2, 0.25) is 0 Å². The van der Waals surface area contributed by atoms with E-state index in [0.717, 1.165) is 12.3 Å². The minimum atomic E-state index is 0.289. The summed E-state index contributed by atoms with van der Waals surface area (Å²) in [5.41, 5.74) is 2.54. The van der Waals surface area contributed by atoms with E-state index in [1.807, 2.05) is 0 Å². The highest BCUT2D eigenvalue weighted by molar-refractivity contribution is 5.79. The van der Waals surface area contributed by atoms with Gasteiger partial charge < -0.3 is 10.2 Å². The summed E-state index contributed by atoms with van der Waals surface area (Å²) in [6.45, 7) is 3.04. The molecule has 3 heteroatoms. The van der Waals surface area contributed by atoms with Crippen molar-refractivity contribution < 1.29 is 4.79 Å². The summed E-state index contributed by atoms with van der Waals surface area (Å²) in [4.78, 5) is 14.9. The van der Waals surface area contributed by atoms with Crippen molar-refractivity contribution in [3.63, 3.8) is 0 Å². The Bertz CT molecular complexity index is 547. The Labute approximate surface area is 139 Å². The second-order valence-corrected chi connectivity index (χ2v) is 7.71. The number of rotatable bonds is 4. The minimum Gasteiger partial charge on any atom is -0.372 e. The lowest BCUT2D eigenvalue weighted by atomic mass is 9.88. The maximum atomic E-state index is 12.4. The summed E-state index contributed by atoms with van der Waals surface area (Å²) in [5.74, 6) is 2.08. The molecule has 1 aromatic carbocycles. The lowest BCUT2D eigenvalue weighted by Gasteiger charge is -2.29. The predicted octanol–water partition coefficient (Wildman–Crippen LogP) is 3.73. The molecule has 3 aliphatic rings. The van der Waals surface area contributed by atoms with Gasteiger partial charge in [-0.05, 0) is 68.1 Å². The molecule has 3 nitrogen and oxygen atoms in total. The number of fused-ring (bicyclic) bond motifs is 2. The molecular weight excluding hydrogens is 284 g/mol. The number of hydrogen-bond acceptors (Lipinski definition) is 2. The third-order valence-corrected chi connectivity index (χ3v) is 6.20. The maximum Gasteiger partial charge on any atom is 0.223 e. The number of benzene rings is 1. The van der Waals surface area contributed by atoms with Crippen molar-refractivity contribution in [2.24, 2.45) is 17.8 Å². The molecule has 1 heterocycles. The van der Waals surface area contributed by atoms with E-state index in [0.29, 0.717) is 18.4 Å².